The van der Waals surface area contributed by atoms with Crippen LogP contribution in [-0.4, -0.2) is 70.2 Å². The Balaban J connectivity index is 1.15. The van der Waals surface area contributed by atoms with Crippen LogP contribution in [0, 0.1) is 6.92 Å². The summed E-state index contributed by atoms with van der Waals surface area (Å²) in [5.41, 5.74) is 3.88. The van der Waals surface area contributed by atoms with Crippen LogP contribution < -0.4 is 10.1 Å². The van der Waals surface area contributed by atoms with Gasteiger partial charge in [0.15, 0.2) is 0 Å². The van der Waals surface area contributed by atoms with E-state index < -0.39 is 5.97 Å². The number of carbonyl (C=O) groups is 1. The number of carbonyl (C=O) groups excluding carboxylic acids is 1. The van der Waals surface area contributed by atoms with Crippen molar-refractivity contribution >= 4 is 51.0 Å². The van der Waals surface area contributed by atoms with E-state index in [1.807, 2.05) is 43.0 Å². The lowest BCUT2D eigenvalue weighted by Gasteiger charge is -2.26. The summed E-state index contributed by atoms with van der Waals surface area (Å²) in [6.07, 6.45) is 6.01. The smallest absolute Gasteiger partial charge is 0.335 e. The molecule has 5 rings (SSSR count). The number of morpholine rings is 1. The second-order valence-corrected chi connectivity index (χ2v) is 10.1. The molecule has 0 spiro atoms. The minimum Gasteiger partial charge on any atom is -0.423 e. The normalized spacial score (nSPS) is 14.5. The highest BCUT2D eigenvalue weighted by molar-refractivity contribution is 7.99. The number of nitrogens with zero attached hydrogens (tertiary/aromatic N) is 3. The van der Waals surface area contributed by atoms with Gasteiger partial charge in [-0.2, -0.15) is 11.8 Å². The molecule has 37 heavy (non-hydrogen) atoms. The third kappa shape index (κ3) is 6.88. The molecule has 0 unspecified atom stereocenters. The van der Waals surface area contributed by atoms with E-state index in [9.17, 15) is 4.79 Å². The number of ether oxygens (including phenoxy) is 2. The van der Waals surface area contributed by atoms with Crippen LogP contribution in [0.3, 0.4) is 0 Å². The molecule has 0 amide bonds. The largest absolute Gasteiger partial charge is 0.423 e. The lowest BCUT2D eigenvalue weighted by Crippen LogP contribution is -2.36. The molecule has 2 aromatic carbocycles. The Hall–Kier alpha value is -3.40. The van der Waals surface area contributed by atoms with Gasteiger partial charge in [0.05, 0.1) is 18.7 Å². The lowest BCUT2D eigenvalue weighted by molar-refractivity contribution is -0.128. The van der Waals surface area contributed by atoms with Crippen LogP contribution in [0.25, 0.3) is 21.8 Å². The summed E-state index contributed by atoms with van der Waals surface area (Å²) in [6, 6.07) is 13.6. The SMILES string of the molecule is Cc1cc2cc(Nc3ncnc4ccc(OC(=O)C=CCSCCCN5CCOCC5)cc34)ccc2[nH]1. The number of anilines is 2. The average molecular weight is 518 g/mol. The van der Waals surface area contributed by atoms with Gasteiger partial charge in [-0.3, -0.25) is 4.90 Å². The standard InChI is InChI=1S/C28H31N5O3S/c1-20-16-21-17-22(5-7-25(21)31-20)32-28-24-18-23(6-8-26(24)29-19-30-28)36-27(34)4-2-14-37-15-3-9-33-10-12-35-13-11-33/h2,4-8,16-19,31H,3,9-15H2,1H3,(H,29,30,32). The van der Waals surface area contributed by atoms with E-state index in [4.69, 9.17) is 9.47 Å². The van der Waals surface area contributed by atoms with Crippen LogP contribution in [0.1, 0.15) is 12.1 Å². The highest BCUT2D eigenvalue weighted by Crippen LogP contribution is 2.28. The lowest BCUT2D eigenvalue weighted by atomic mass is 10.2. The minimum atomic E-state index is -0.395. The highest BCUT2D eigenvalue weighted by atomic mass is 32.2. The van der Waals surface area contributed by atoms with Gasteiger partial charge < -0.3 is 19.8 Å². The van der Waals surface area contributed by atoms with Gasteiger partial charge in [0, 0.05) is 52.6 Å². The maximum absolute atomic E-state index is 12.4. The van der Waals surface area contributed by atoms with Crippen LogP contribution in [0.2, 0.25) is 0 Å². The molecule has 192 valence electrons. The Bertz CT molecular complexity index is 1400. The van der Waals surface area contributed by atoms with Gasteiger partial charge in [0.25, 0.3) is 0 Å². The van der Waals surface area contributed by atoms with E-state index in [1.54, 1.807) is 12.1 Å². The number of H-pyrrole nitrogens is 1. The van der Waals surface area contributed by atoms with E-state index in [1.165, 1.54) is 12.4 Å². The van der Waals surface area contributed by atoms with Crippen molar-refractivity contribution in [3.05, 3.63) is 66.6 Å². The van der Waals surface area contributed by atoms with E-state index in [2.05, 4.69) is 37.3 Å². The number of rotatable bonds is 10. The van der Waals surface area contributed by atoms with E-state index in [0.29, 0.717) is 11.6 Å². The predicted molar refractivity (Wildman–Crippen MR) is 150 cm³/mol. The predicted octanol–water partition coefficient (Wildman–Crippen LogP) is 5.08. The third-order valence-corrected chi connectivity index (χ3v) is 7.18. The number of aromatic amines is 1. The Kier molecular flexibility index (Phi) is 8.35. The summed E-state index contributed by atoms with van der Waals surface area (Å²) in [5, 5.41) is 5.28. The van der Waals surface area contributed by atoms with Gasteiger partial charge in [0.1, 0.15) is 17.9 Å². The van der Waals surface area contributed by atoms with Crippen LogP contribution in [0.4, 0.5) is 11.5 Å². The maximum atomic E-state index is 12.4. The molecule has 0 saturated carbocycles. The molecule has 2 N–H and O–H groups in total. The fraction of sp³-hybridized carbons (Fsp3) is 0.321. The van der Waals surface area contributed by atoms with Gasteiger partial charge in [-0.1, -0.05) is 6.08 Å². The molecule has 0 aliphatic carbocycles. The summed E-state index contributed by atoms with van der Waals surface area (Å²) in [7, 11) is 0. The molecule has 4 aromatic rings. The minimum absolute atomic E-state index is 0.395. The maximum Gasteiger partial charge on any atom is 0.335 e. The van der Waals surface area contributed by atoms with Crippen molar-refractivity contribution in [1.29, 1.82) is 0 Å². The van der Waals surface area contributed by atoms with E-state index in [0.717, 1.165) is 84.0 Å². The molecule has 2 aromatic heterocycles. The first-order chi connectivity index (χ1) is 18.1. The second kappa shape index (κ2) is 12.2. The molecule has 0 atom stereocenters. The number of fused-ring (bicyclic) bond motifs is 2. The Labute approximate surface area is 220 Å². The first-order valence-corrected chi connectivity index (χ1v) is 13.7. The topological polar surface area (TPSA) is 92.4 Å². The molecular formula is C28H31N5O3S. The molecular weight excluding hydrogens is 486 g/mol. The quantitative estimate of drug-likeness (QED) is 0.130. The summed E-state index contributed by atoms with van der Waals surface area (Å²) >= 11 is 1.82. The average Bonchev–Trinajstić information content (AvgIpc) is 3.28. The van der Waals surface area contributed by atoms with Gasteiger partial charge in [-0.05, 0) is 68.1 Å². The van der Waals surface area contributed by atoms with E-state index in [-0.39, 0.29) is 0 Å². The number of esters is 1. The summed E-state index contributed by atoms with van der Waals surface area (Å²) in [6.45, 7) is 6.87. The number of hydrogen-bond donors (Lipinski definition) is 2. The van der Waals surface area contributed by atoms with Crippen molar-refractivity contribution < 1.29 is 14.3 Å². The Morgan fingerprint density at radius 2 is 2.08 bits per heavy atom. The molecule has 8 nitrogen and oxygen atoms in total. The van der Waals surface area contributed by atoms with Crippen molar-refractivity contribution in [2.24, 2.45) is 0 Å². The van der Waals surface area contributed by atoms with E-state index >= 15 is 0 Å². The molecule has 0 radical (unpaired) electrons. The number of aryl methyl sites for hydroxylation is 1. The molecule has 1 saturated heterocycles. The van der Waals surface area contributed by atoms with Crippen molar-refractivity contribution in [2.45, 2.75) is 13.3 Å². The zero-order valence-corrected chi connectivity index (χ0v) is 21.7. The van der Waals surface area contributed by atoms with Crippen molar-refractivity contribution in [3.63, 3.8) is 0 Å². The molecule has 0 bridgehead atoms. The number of benzene rings is 2. The number of aromatic nitrogens is 3. The van der Waals surface area contributed by atoms with Gasteiger partial charge >= 0.3 is 5.97 Å². The number of thioether (sulfide) groups is 1. The van der Waals surface area contributed by atoms with Gasteiger partial charge in [0.2, 0.25) is 0 Å². The molecule has 3 heterocycles. The van der Waals surface area contributed by atoms with Crippen molar-refractivity contribution in [2.75, 3.05) is 49.7 Å². The van der Waals surface area contributed by atoms with Crippen molar-refractivity contribution in [1.82, 2.24) is 19.9 Å². The van der Waals surface area contributed by atoms with Crippen LogP contribution >= 0.6 is 11.8 Å². The fourth-order valence-corrected chi connectivity index (χ4v) is 5.08. The zero-order valence-electron chi connectivity index (χ0n) is 20.9. The summed E-state index contributed by atoms with van der Waals surface area (Å²) < 4.78 is 10.9. The summed E-state index contributed by atoms with van der Waals surface area (Å²) in [4.78, 5) is 26.9. The van der Waals surface area contributed by atoms with Crippen LogP contribution in [0.15, 0.2) is 60.9 Å². The molecule has 1 aliphatic rings. The second-order valence-electron chi connectivity index (χ2n) is 8.99. The summed E-state index contributed by atoms with van der Waals surface area (Å²) in [5.74, 6) is 2.55. The van der Waals surface area contributed by atoms with Gasteiger partial charge in [-0.15, -0.1) is 0 Å². The van der Waals surface area contributed by atoms with Crippen molar-refractivity contribution in [3.8, 4) is 5.75 Å². The Morgan fingerprint density at radius 1 is 1.19 bits per heavy atom. The Morgan fingerprint density at radius 3 is 2.97 bits per heavy atom. The van der Waals surface area contributed by atoms with Crippen LogP contribution in [0.5, 0.6) is 5.75 Å². The van der Waals surface area contributed by atoms with Gasteiger partial charge in [-0.25, -0.2) is 14.8 Å². The first kappa shape index (κ1) is 25.3. The van der Waals surface area contributed by atoms with Crippen LogP contribution in [-0.2, 0) is 9.53 Å². The molecule has 9 heteroatoms. The zero-order chi connectivity index (χ0) is 25.5. The highest BCUT2D eigenvalue weighted by Gasteiger charge is 2.10. The fourth-order valence-electron chi connectivity index (χ4n) is 4.35. The number of hydrogen-bond acceptors (Lipinski definition) is 8. The number of nitrogens with one attached hydrogen (secondary N) is 2. The third-order valence-electron chi connectivity index (χ3n) is 6.18. The first-order valence-electron chi connectivity index (χ1n) is 12.5. The molecule has 1 fully saturated rings. The monoisotopic (exact) mass is 517 g/mol. The molecule has 1 aliphatic heterocycles.